The summed E-state index contributed by atoms with van der Waals surface area (Å²) in [6, 6.07) is 15.5. The molecule has 0 radical (unpaired) electrons. The number of nitro groups is 1. The standard InChI is InChI=1S/C20H14BrFN2O3/c1-12-4-2-3-5-15(12)20(25)16-8-7-14(11-17(16)22)23-18-9-6-13(21)10-19(18)24(26)27/h2-11,23H,1H3. The van der Waals surface area contributed by atoms with Gasteiger partial charge in [0.25, 0.3) is 5.69 Å². The van der Waals surface area contributed by atoms with Crippen molar-refractivity contribution >= 4 is 38.8 Å². The van der Waals surface area contributed by atoms with E-state index in [4.69, 9.17) is 0 Å². The summed E-state index contributed by atoms with van der Waals surface area (Å²) in [6.45, 7) is 1.79. The van der Waals surface area contributed by atoms with Crippen LogP contribution in [0.5, 0.6) is 0 Å². The van der Waals surface area contributed by atoms with Gasteiger partial charge in [-0.1, -0.05) is 40.2 Å². The molecule has 0 aliphatic heterocycles. The number of benzene rings is 3. The molecule has 136 valence electrons. The highest BCUT2D eigenvalue weighted by Crippen LogP contribution is 2.31. The van der Waals surface area contributed by atoms with Crippen LogP contribution in [-0.2, 0) is 0 Å². The van der Waals surface area contributed by atoms with Gasteiger partial charge in [-0.05, 0) is 42.8 Å². The second-order valence-corrected chi connectivity index (χ2v) is 6.80. The molecule has 0 amide bonds. The van der Waals surface area contributed by atoms with Gasteiger partial charge in [0, 0.05) is 21.8 Å². The zero-order valence-electron chi connectivity index (χ0n) is 14.2. The fourth-order valence-corrected chi connectivity index (χ4v) is 3.02. The number of halogens is 2. The first kappa shape index (κ1) is 18.7. The van der Waals surface area contributed by atoms with Gasteiger partial charge in [0.15, 0.2) is 5.78 Å². The van der Waals surface area contributed by atoms with Crippen LogP contribution < -0.4 is 5.32 Å². The maximum atomic E-state index is 14.5. The lowest BCUT2D eigenvalue weighted by atomic mass is 9.98. The summed E-state index contributed by atoms with van der Waals surface area (Å²) in [5.41, 5.74) is 1.51. The molecule has 0 aliphatic carbocycles. The van der Waals surface area contributed by atoms with Gasteiger partial charge in [-0.3, -0.25) is 14.9 Å². The smallest absolute Gasteiger partial charge is 0.293 e. The Bertz CT molecular complexity index is 1050. The van der Waals surface area contributed by atoms with Crippen molar-refractivity contribution in [3.05, 3.63) is 97.8 Å². The van der Waals surface area contributed by atoms with Gasteiger partial charge in [0.05, 0.1) is 10.5 Å². The molecule has 0 fully saturated rings. The molecule has 3 aromatic rings. The fourth-order valence-electron chi connectivity index (χ4n) is 2.67. The molecule has 0 atom stereocenters. The van der Waals surface area contributed by atoms with E-state index in [9.17, 15) is 19.3 Å². The highest BCUT2D eigenvalue weighted by Gasteiger charge is 2.18. The number of hydrogen-bond donors (Lipinski definition) is 1. The highest BCUT2D eigenvalue weighted by atomic mass is 79.9. The van der Waals surface area contributed by atoms with E-state index in [0.29, 0.717) is 15.7 Å². The van der Waals surface area contributed by atoms with Crippen molar-refractivity contribution in [2.24, 2.45) is 0 Å². The third-order valence-corrected chi connectivity index (χ3v) is 4.53. The zero-order valence-corrected chi connectivity index (χ0v) is 15.8. The number of aryl methyl sites for hydroxylation is 1. The summed E-state index contributed by atoms with van der Waals surface area (Å²) in [7, 11) is 0. The SMILES string of the molecule is Cc1ccccc1C(=O)c1ccc(Nc2ccc(Br)cc2[N+](=O)[O-])cc1F. The first-order valence-corrected chi connectivity index (χ1v) is 8.77. The lowest BCUT2D eigenvalue weighted by Gasteiger charge is -2.10. The second-order valence-electron chi connectivity index (χ2n) is 5.88. The van der Waals surface area contributed by atoms with Crippen molar-refractivity contribution in [1.82, 2.24) is 0 Å². The van der Waals surface area contributed by atoms with Crippen LogP contribution in [0.25, 0.3) is 0 Å². The van der Waals surface area contributed by atoms with E-state index in [1.54, 1.807) is 37.3 Å². The summed E-state index contributed by atoms with van der Waals surface area (Å²) in [5.74, 6) is -1.11. The summed E-state index contributed by atoms with van der Waals surface area (Å²) in [6.07, 6.45) is 0. The number of nitrogens with one attached hydrogen (secondary N) is 1. The number of rotatable bonds is 5. The molecule has 0 unspecified atom stereocenters. The predicted octanol–water partition coefficient (Wildman–Crippen LogP) is 5.78. The number of ketones is 1. The van der Waals surface area contributed by atoms with Crippen LogP contribution in [0.15, 0.2) is 65.1 Å². The average Bonchev–Trinajstić information content (AvgIpc) is 2.63. The Labute approximate surface area is 163 Å². The van der Waals surface area contributed by atoms with E-state index in [1.807, 2.05) is 0 Å². The van der Waals surface area contributed by atoms with E-state index in [0.717, 1.165) is 11.6 Å². The molecule has 0 aromatic heterocycles. The molecule has 7 heteroatoms. The molecule has 0 saturated heterocycles. The van der Waals surface area contributed by atoms with Crippen molar-refractivity contribution in [3.63, 3.8) is 0 Å². The number of carbonyl (C=O) groups is 1. The lowest BCUT2D eigenvalue weighted by molar-refractivity contribution is -0.384. The average molecular weight is 429 g/mol. The fraction of sp³-hybridized carbons (Fsp3) is 0.0500. The van der Waals surface area contributed by atoms with Crippen molar-refractivity contribution in [2.75, 3.05) is 5.32 Å². The van der Waals surface area contributed by atoms with E-state index in [-0.39, 0.29) is 16.9 Å². The number of carbonyl (C=O) groups excluding carboxylic acids is 1. The van der Waals surface area contributed by atoms with E-state index in [1.165, 1.54) is 24.3 Å². The Morgan fingerprint density at radius 1 is 1.07 bits per heavy atom. The van der Waals surface area contributed by atoms with Gasteiger partial charge < -0.3 is 5.32 Å². The molecule has 3 rings (SSSR count). The molecular formula is C20H14BrFN2O3. The quantitative estimate of drug-likeness (QED) is 0.317. The van der Waals surface area contributed by atoms with Gasteiger partial charge in [-0.2, -0.15) is 0 Å². The van der Waals surface area contributed by atoms with E-state index < -0.39 is 16.5 Å². The number of anilines is 2. The Morgan fingerprint density at radius 3 is 2.48 bits per heavy atom. The van der Waals surface area contributed by atoms with Crippen molar-refractivity contribution in [3.8, 4) is 0 Å². The van der Waals surface area contributed by atoms with Crippen LogP contribution in [0.1, 0.15) is 21.5 Å². The van der Waals surface area contributed by atoms with Crippen molar-refractivity contribution in [2.45, 2.75) is 6.92 Å². The summed E-state index contributed by atoms with van der Waals surface area (Å²) < 4.78 is 15.1. The molecule has 27 heavy (non-hydrogen) atoms. The molecule has 0 heterocycles. The Kier molecular flexibility index (Phi) is 5.32. The first-order chi connectivity index (χ1) is 12.9. The maximum Gasteiger partial charge on any atom is 0.293 e. The van der Waals surface area contributed by atoms with Gasteiger partial charge >= 0.3 is 0 Å². The highest BCUT2D eigenvalue weighted by molar-refractivity contribution is 9.10. The van der Waals surface area contributed by atoms with Gasteiger partial charge in [-0.15, -0.1) is 0 Å². The Balaban J connectivity index is 1.91. The minimum atomic E-state index is -0.701. The zero-order chi connectivity index (χ0) is 19.6. The van der Waals surface area contributed by atoms with E-state index >= 15 is 0 Å². The molecule has 3 aromatic carbocycles. The minimum Gasteiger partial charge on any atom is -0.350 e. The number of nitro benzene ring substituents is 1. The lowest BCUT2D eigenvalue weighted by Crippen LogP contribution is -2.07. The largest absolute Gasteiger partial charge is 0.350 e. The van der Waals surface area contributed by atoms with Gasteiger partial charge in [0.2, 0.25) is 0 Å². The third-order valence-electron chi connectivity index (χ3n) is 4.04. The topological polar surface area (TPSA) is 72.2 Å². The second kappa shape index (κ2) is 7.67. The monoisotopic (exact) mass is 428 g/mol. The summed E-state index contributed by atoms with van der Waals surface area (Å²) >= 11 is 3.19. The van der Waals surface area contributed by atoms with Gasteiger partial charge in [-0.25, -0.2) is 4.39 Å². The molecular weight excluding hydrogens is 415 g/mol. The summed E-state index contributed by atoms with van der Waals surface area (Å²) in [4.78, 5) is 23.2. The van der Waals surface area contributed by atoms with Crippen LogP contribution in [0, 0.1) is 22.9 Å². The molecule has 5 nitrogen and oxygen atoms in total. The normalized spacial score (nSPS) is 10.5. The Morgan fingerprint density at radius 2 is 1.81 bits per heavy atom. The summed E-state index contributed by atoms with van der Waals surface area (Å²) in [5, 5.41) is 14.0. The van der Waals surface area contributed by atoms with Crippen LogP contribution in [0.2, 0.25) is 0 Å². The molecule has 0 bridgehead atoms. The Hall–Kier alpha value is -3.06. The molecule has 0 saturated carbocycles. The molecule has 0 spiro atoms. The predicted molar refractivity (Wildman–Crippen MR) is 105 cm³/mol. The molecule has 0 aliphatic rings. The van der Waals surface area contributed by atoms with Crippen LogP contribution >= 0.6 is 15.9 Å². The van der Waals surface area contributed by atoms with Crippen molar-refractivity contribution < 1.29 is 14.1 Å². The third kappa shape index (κ3) is 4.03. The van der Waals surface area contributed by atoms with Crippen LogP contribution in [-0.4, -0.2) is 10.7 Å². The van der Waals surface area contributed by atoms with Crippen molar-refractivity contribution in [1.29, 1.82) is 0 Å². The van der Waals surface area contributed by atoms with Crippen LogP contribution in [0.3, 0.4) is 0 Å². The first-order valence-electron chi connectivity index (χ1n) is 7.97. The maximum absolute atomic E-state index is 14.5. The van der Waals surface area contributed by atoms with E-state index in [2.05, 4.69) is 21.2 Å². The van der Waals surface area contributed by atoms with Crippen LogP contribution in [0.4, 0.5) is 21.5 Å². The number of nitrogens with zero attached hydrogens (tertiary/aromatic N) is 1. The number of hydrogen-bond acceptors (Lipinski definition) is 4. The minimum absolute atomic E-state index is 0.0554. The van der Waals surface area contributed by atoms with Gasteiger partial charge in [0.1, 0.15) is 11.5 Å². The molecule has 1 N–H and O–H groups in total.